The molecule has 0 aliphatic heterocycles. The smallest absolute Gasteiger partial charge is 0.255 e. The summed E-state index contributed by atoms with van der Waals surface area (Å²) in [5.74, 6) is 0.461. The van der Waals surface area contributed by atoms with Crippen molar-refractivity contribution in [2.24, 2.45) is 0 Å². The number of rotatable bonds is 5. The number of carbonyl (C=O) groups is 1. The molecule has 0 spiro atoms. The molecule has 134 valence electrons. The van der Waals surface area contributed by atoms with Crippen LogP contribution in [0.3, 0.4) is 0 Å². The Hall–Kier alpha value is -3.60. The molecule has 27 heavy (non-hydrogen) atoms. The van der Waals surface area contributed by atoms with Crippen molar-refractivity contribution in [1.29, 1.82) is 0 Å². The lowest BCUT2D eigenvalue weighted by Crippen LogP contribution is -2.12. The first-order valence-electron chi connectivity index (χ1n) is 8.71. The summed E-state index contributed by atoms with van der Waals surface area (Å²) in [4.78, 5) is 17.0. The number of benzene rings is 2. The van der Waals surface area contributed by atoms with Crippen molar-refractivity contribution in [2.75, 3.05) is 5.32 Å². The molecule has 1 N–H and O–H groups in total. The van der Waals surface area contributed by atoms with Crippen LogP contribution in [-0.2, 0) is 6.61 Å². The van der Waals surface area contributed by atoms with Gasteiger partial charge in [-0.1, -0.05) is 24.3 Å². The Morgan fingerprint density at radius 2 is 1.96 bits per heavy atom. The lowest BCUT2D eigenvalue weighted by Gasteiger charge is -2.08. The van der Waals surface area contributed by atoms with Crippen LogP contribution in [0.5, 0.6) is 5.75 Å². The van der Waals surface area contributed by atoms with Gasteiger partial charge >= 0.3 is 0 Å². The zero-order valence-corrected chi connectivity index (χ0v) is 14.9. The Morgan fingerprint density at radius 3 is 2.81 bits per heavy atom. The quantitative estimate of drug-likeness (QED) is 0.573. The zero-order valence-electron chi connectivity index (χ0n) is 14.9. The SMILES string of the molecule is Cc1cccc(NC(=O)c2cccc(OCc3cn4ccccc4n3)c2)c1. The molecule has 5 nitrogen and oxygen atoms in total. The Labute approximate surface area is 157 Å². The summed E-state index contributed by atoms with van der Waals surface area (Å²) in [6.07, 6.45) is 3.88. The molecule has 0 atom stereocenters. The van der Waals surface area contributed by atoms with Crippen molar-refractivity contribution in [3.05, 3.63) is 95.9 Å². The Kier molecular flexibility index (Phi) is 4.58. The molecule has 0 saturated carbocycles. The minimum Gasteiger partial charge on any atom is -0.487 e. The molecule has 5 heteroatoms. The van der Waals surface area contributed by atoms with Crippen molar-refractivity contribution in [1.82, 2.24) is 9.38 Å². The lowest BCUT2D eigenvalue weighted by atomic mass is 10.2. The van der Waals surface area contributed by atoms with E-state index in [0.717, 1.165) is 22.6 Å². The summed E-state index contributed by atoms with van der Waals surface area (Å²) < 4.78 is 7.77. The van der Waals surface area contributed by atoms with Crippen molar-refractivity contribution in [3.8, 4) is 5.75 Å². The number of carbonyl (C=O) groups excluding carboxylic acids is 1. The molecular formula is C22H19N3O2. The first kappa shape index (κ1) is 16.8. The van der Waals surface area contributed by atoms with Crippen molar-refractivity contribution < 1.29 is 9.53 Å². The fourth-order valence-corrected chi connectivity index (χ4v) is 2.87. The van der Waals surface area contributed by atoms with Gasteiger partial charge < -0.3 is 14.5 Å². The average molecular weight is 357 g/mol. The molecule has 0 unspecified atom stereocenters. The van der Waals surface area contributed by atoms with Crippen LogP contribution in [0.15, 0.2) is 79.1 Å². The second-order valence-electron chi connectivity index (χ2n) is 6.34. The number of amides is 1. The first-order chi connectivity index (χ1) is 13.2. The highest BCUT2D eigenvalue weighted by molar-refractivity contribution is 6.04. The predicted molar refractivity (Wildman–Crippen MR) is 105 cm³/mol. The number of pyridine rings is 1. The van der Waals surface area contributed by atoms with E-state index in [9.17, 15) is 4.79 Å². The Morgan fingerprint density at radius 1 is 1.07 bits per heavy atom. The van der Waals surface area contributed by atoms with Gasteiger partial charge in [-0.05, 0) is 55.0 Å². The first-order valence-corrected chi connectivity index (χ1v) is 8.71. The number of anilines is 1. The maximum atomic E-state index is 12.5. The van der Waals surface area contributed by atoms with Crippen LogP contribution in [0.2, 0.25) is 0 Å². The number of aromatic nitrogens is 2. The summed E-state index contributed by atoms with van der Waals surface area (Å²) in [5.41, 5.74) is 4.12. The van der Waals surface area contributed by atoms with Gasteiger partial charge in [-0.3, -0.25) is 4.79 Å². The minimum absolute atomic E-state index is 0.168. The highest BCUT2D eigenvalue weighted by Gasteiger charge is 2.08. The Balaban J connectivity index is 1.44. The molecule has 0 aliphatic rings. The molecule has 1 amide bonds. The molecule has 0 saturated heterocycles. The van der Waals surface area contributed by atoms with Crippen LogP contribution < -0.4 is 10.1 Å². The zero-order chi connectivity index (χ0) is 18.6. The van der Waals surface area contributed by atoms with Gasteiger partial charge in [0.25, 0.3) is 5.91 Å². The van der Waals surface area contributed by atoms with Gasteiger partial charge in [-0.15, -0.1) is 0 Å². The molecule has 2 heterocycles. The van der Waals surface area contributed by atoms with E-state index in [4.69, 9.17) is 4.74 Å². The second-order valence-corrected chi connectivity index (χ2v) is 6.34. The fourth-order valence-electron chi connectivity index (χ4n) is 2.87. The number of hydrogen-bond acceptors (Lipinski definition) is 3. The van der Waals surface area contributed by atoms with E-state index in [-0.39, 0.29) is 5.91 Å². The molecule has 0 aliphatic carbocycles. The van der Waals surface area contributed by atoms with Crippen LogP contribution in [0, 0.1) is 6.92 Å². The van der Waals surface area contributed by atoms with E-state index in [2.05, 4.69) is 10.3 Å². The number of fused-ring (bicyclic) bond motifs is 1. The Bertz CT molecular complexity index is 1070. The molecule has 2 aromatic heterocycles. The maximum absolute atomic E-state index is 12.5. The fraction of sp³-hybridized carbons (Fsp3) is 0.0909. The van der Waals surface area contributed by atoms with E-state index in [0.29, 0.717) is 17.9 Å². The van der Waals surface area contributed by atoms with Gasteiger partial charge in [0.05, 0.1) is 5.69 Å². The third kappa shape index (κ3) is 3.98. The molecule has 4 rings (SSSR count). The summed E-state index contributed by atoms with van der Waals surface area (Å²) in [6, 6.07) is 20.7. The molecular weight excluding hydrogens is 338 g/mol. The van der Waals surface area contributed by atoms with E-state index in [1.54, 1.807) is 12.1 Å². The largest absolute Gasteiger partial charge is 0.487 e. The van der Waals surface area contributed by atoms with Crippen LogP contribution in [-0.4, -0.2) is 15.3 Å². The molecule has 4 aromatic rings. The number of aryl methyl sites for hydroxylation is 1. The van der Waals surface area contributed by atoms with Gasteiger partial charge in [0, 0.05) is 23.6 Å². The van der Waals surface area contributed by atoms with E-state index < -0.39 is 0 Å². The topological polar surface area (TPSA) is 55.6 Å². The lowest BCUT2D eigenvalue weighted by molar-refractivity contribution is 0.102. The second kappa shape index (κ2) is 7.33. The number of ether oxygens (including phenoxy) is 1. The minimum atomic E-state index is -0.168. The molecule has 0 fully saturated rings. The van der Waals surface area contributed by atoms with E-state index in [1.807, 2.05) is 78.3 Å². The van der Waals surface area contributed by atoms with Crippen LogP contribution >= 0.6 is 0 Å². The van der Waals surface area contributed by atoms with Gasteiger partial charge in [-0.25, -0.2) is 4.98 Å². The summed E-state index contributed by atoms with van der Waals surface area (Å²) in [5, 5.41) is 2.91. The summed E-state index contributed by atoms with van der Waals surface area (Å²) in [7, 11) is 0. The van der Waals surface area contributed by atoms with E-state index in [1.165, 1.54) is 0 Å². The summed E-state index contributed by atoms with van der Waals surface area (Å²) >= 11 is 0. The van der Waals surface area contributed by atoms with Crippen LogP contribution in [0.4, 0.5) is 5.69 Å². The number of nitrogens with zero attached hydrogens (tertiary/aromatic N) is 2. The normalized spacial score (nSPS) is 10.7. The van der Waals surface area contributed by atoms with Gasteiger partial charge in [0.15, 0.2) is 0 Å². The van der Waals surface area contributed by atoms with Gasteiger partial charge in [-0.2, -0.15) is 0 Å². The maximum Gasteiger partial charge on any atom is 0.255 e. The average Bonchev–Trinajstić information content (AvgIpc) is 3.10. The highest BCUT2D eigenvalue weighted by Crippen LogP contribution is 2.17. The number of hydrogen-bond donors (Lipinski definition) is 1. The number of imidazole rings is 1. The van der Waals surface area contributed by atoms with E-state index >= 15 is 0 Å². The van der Waals surface area contributed by atoms with Crippen molar-refractivity contribution in [2.45, 2.75) is 13.5 Å². The molecule has 0 radical (unpaired) electrons. The van der Waals surface area contributed by atoms with Gasteiger partial charge in [0.2, 0.25) is 0 Å². The van der Waals surface area contributed by atoms with Gasteiger partial charge in [0.1, 0.15) is 18.0 Å². The molecule has 2 aromatic carbocycles. The predicted octanol–water partition coefficient (Wildman–Crippen LogP) is 4.47. The van der Waals surface area contributed by atoms with Crippen LogP contribution in [0.1, 0.15) is 21.6 Å². The standard InChI is InChI=1S/C22H19N3O2/c1-16-6-4-8-18(12-16)24-22(26)17-7-5-9-20(13-17)27-15-19-14-25-11-3-2-10-21(25)23-19/h2-14H,15H2,1H3,(H,24,26). The third-order valence-corrected chi connectivity index (χ3v) is 4.17. The number of nitrogens with one attached hydrogen (secondary N) is 1. The highest BCUT2D eigenvalue weighted by atomic mass is 16.5. The summed E-state index contributed by atoms with van der Waals surface area (Å²) in [6.45, 7) is 2.33. The molecule has 0 bridgehead atoms. The van der Waals surface area contributed by atoms with Crippen molar-refractivity contribution >= 4 is 17.2 Å². The third-order valence-electron chi connectivity index (χ3n) is 4.17. The monoisotopic (exact) mass is 357 g/mol. The van der Waals surface area contributed by atoms with Crippen LogP contribution in [0.25, 0.3) is 5.65 Å². The van der Waals surface area contributed by atoms with Crippen molar-refractivity contribution in [3.63, 3.8) is 0 Å².